The van der Waals surface area contributed by atoms with Crippen LogP contribution in [0.15, 0.2) is 36.8 Å². The molecular weight excluding hydrogens is 290 g/mol. The van der Waals surface area contributed by atoms with Gasteiger partial charge in [0.15, 0.2) is 0 Å². The molecule has 0 radical (unpaired) electrons. The smallest absolute Gasteiger partial charge is 0.244 e. The number of aromatic nitrogens is 3. The van der Waals surface area contributed by atoms with Crippen molar-refractivity contribution < 1.29 is 4.79 Å². The lowest BCUT2D eigenvalue weighted by molar-refractivity contribution is -0.124. The van der Waals surface area contributed by atoms with Crippen molar-refractivity contribution in [3.8, 4) is 0 Å². The second kappa shape index (κ2) is 7.26. The standard InChI is InChI=1S/C17H23N5O/c1-14(22-11-5-8-20-22)17(23)19-13-15-6-7-16(18-12-15)21-9-3-2-4-10-21/h5-8,11-12,14H,2-4,9-10,13H2,1H3,(H,19,23). The highest BCUT2D eigenvalue weighted by atomic mass is 16.2. The van der Waals surface area contributed by atoms with Gasteiger partial charge in [-0.2, -0.15) is 5.10 Å². The molecule has 3 heterocycles. The first-order chi connectivity index (χ1) is 11.2. The van der Waals surface area contributed by atoms with Crippen molar-refractivity contribution in [2.75, 3.05) is 18.0 Å². The summed E-state index contributed by atoms with van der Waals surface area (Å²) in [6, 6.07) is 5.58. The molecule has 1 aliphatic rings. The first-order valence-electron chi connectivity index (χ1n) is 8.21. The number of carbonyl (C=O) groups is 1. The lowest BCUT2D eigenvalue weighted by Gasteiger charge is -2.27. The second-order valence-electron chi connectivity index (χ2n) is 5.95. The molecule has 0 saturated carbocycles. The summed E-state index contributed by atoms with van der Waals surface area (Å²) < 4.78 is 1.65. The van der Waals surface area contributed by atoms with E-state index in [0.717, 1.165) is 24.5 Å². The highest BCUT2D eigenvalue weighted by Crippen LogP contribution is 2.17. The maximum Gasteiger partial charge on any atom is 0.244 e. The molecule has 0 aromatic carbocycles. The summed E-state index contributed by atoms with van der Waals surface area (Å²) in [5.74, 6) is 0.985. The molecule has 1 N–H and O–H groups in total. The van der Waals surface area contributed by atoms with Crippen molar-refractivity contribution in [2.45, 2.75) is 38.8 Å². The predicted octanol–water partition coefficient (Wildman–Crippen LogP) is 2.15. The molecule has 6 nitrogen and oxygen atoms in total. The van der Waals surface area contributed by atoms with E-state index in [1.54, 1.807) is 17.1 Å². The van der Waals surface area contributed by atoms with Crippen LogP contribution in [-0.4, -0.2) is 33.8 Å². The van der Waals surface area contributed by atoms with E-state index in [2.05, 4.69) is 20.3 Å². The zero-order valence-electron chi connectivity index (χ0n) is 13.5. The van der Waals surface area contributed by atoms with Gasteiger partial charge in [-0.25, -0.2) is 4.98 Å². The quantitative estimate of drug-likeness (QED) is 0.918. The first kappa shape index (κ1) is 15.5. The number of nitrogens with one attached hydrogen (secondary N) is 1. The van der Waals surface area contributed by atoms with Gasteiger partial charge in [0.05, 0.1) is 0 Å². The zero-order valence-corrected chi connectivity index (χ0v) is 13.5. The van der Waals surface area contributed by atoms with E-state index in [4.69, 9.17) is 0 Å². The molecule has 0 bridgehead atoms. The largest absolute Gasteiger partial charge is 0.357 e. The van der Waals surface area contributed by atoms with Gasteiger partial charge < -0.3 is 10.2 Å². The number of hydrogen-bond donors (Lipinski definition) is 1. The minimum absolute atomic E-state index is 0.0474. The third-order valence-electron chi connectivity index (χ3n) is 4.26. The Bertz CT molecular complexity index is 617. The van der Waals surface area contributed by atoms with Crippen molar-refractivity contribution >= 4 is 11.7 Å². The molecule has 1 amide bonds. The summed E-state index contributed by atoms with van der Waals surface area (Å²) in [4.78, 5) is 19.0. The average molecular weight is 313 g/mol. The minimum Gasteiger partial charge on any atom is -0.357 e. The van der Waals surface area contributed by atoms with Gasteiger partial charge in [0.25, 0.3) is 0 Å². The topological polar surface area (TPSA) is 63.1 Å². The summed E-state index contributed by atoms with van der Waals surface area (Å²) in [6.07, 6.45) is 9.11. The van der Waals surface area contributed by atoms with Crippen LogP contribution in [0.3, 0.4) is 0 Å². The normalized spacial score (nSPS) is 16.1. The Labute approximate surface area is 136 Å². The fraction of sp³-hybridized carbons (Fsp3) is 0.471. The van der Waals surface area contributed by atoms with Crippen molar-refractivity contribution in [1.82, 2.24) is 20.1 Å². The number of rotatable bonds is 5. The van der Waals surface area contributed by atoms with Crippen LogP contribution in [-0.2, 0) is 11.3 Å². The van der Waals surface area contributed by atoms with Crippen LogP contribution in [0.1, 0.15) is 37.8 Å². The molecule has 122 valence electrons. The van der Waals surface area contributed by atoms with Gasteiger partial charge in [0.1, 0.15) is 11.9 Å². The summed E-state index contributed by atoms with van der Waals surface area (Å²) in [6.45, 7) is 4.49. The molecule has 1 saturated heterocycles. The van der Waals surface area contributed by atoms with Crippen molar-refractivity contribution in [3.05, 3.63) is 42.4 Å². The molecule has 1 aliphatic heterocycles. The lowest BCUT2D eigenvalue weighted by Crippen LogP contribution is -2.31. The van der Waals surface area contributed by atoms with E-state index in [1.165, 1.54) is 19.3 Å². The zero-order chi connectivity index (χ0) is 16.1. The molecule has 2 aromatic rings. The summed E-state index contributed by atoms with van der Waals surface area (Å²) >= 11 is 0. The number of carbonyl (C=O) groups excluding carboxylic acids is 1. The average Bonchev–Trinajstić information content (AvgIpc) is 3.15. The Morgan fingerprint density at radius 3 is 2.78 bits per heavy atom. The Morgan fingerprint density at radius 1 is 1.30 bits per heavy atom. The van der Waals surface area contributed by atoms with E-state index < -0.39 is 0 Å². The number of pyridine rings is 1. The molecule has 2 aromatic heterocycles. The molecule has 3 rings (SSSR count). The van der Waals surface area contributed by atoms with Gasteiger partial charge in [-0.3, -0.25) is 9.48 Å². The van der Waals surface area contributed by atoms with Crippen LogP contribution in [0, 0.1) is 0 Å². The number of amides is 1. The Hall–Kier alpha value is -2.37. The number of anilines is 1. The summed E-state index contributed by atoms with van der Waals surface area (Å²) in [5.41, 5.74) is 1.01. The van der Waals surface area contributed by atoms with Crippen LogP contribution in [0.25, 0.3) is 0 Å². The maximum absolute atomic E-state index is 12.1. The van der Waals surface area contributed by atoms with Crippen LogP contribution < -0.4 is 10.2 Å². The van der Waals surface area contributed by atoms with Gasteiger partial charge >= 0.3 is 0 Å². The van der Waals surface area contributed by atoms with Gasteiger partial charge in [-0.1, -0.05) is 6.07 Å². The van der Waals surface area contributed by atoms with Crippen molar-refractivity contribution in [3.63, 3.8) is 0 Å². The van der Waals surface area contributed by atoms with Crippen LogP contribution in [0.2, 0.25) is 0 Å². The van der Waals surface area contributed by atoms with E-state index in [1.807, 2.05) is 31.3 Å². The van der Waals surface area contributed by atoms with E-state index in [9.17, 15) is 4.79 Å². The van der Waals surface area contributed by atoms with Crippen LogP contribution >= 0.6 is 0 Å². The maximum atomic E-state index is 12.1. The van der Waals surface area contributed by atoms with E-state index in [0.29, 0.717) is 6.54 Å². The highest BCUT2D eigenvalue weighted by Gasteiger charge is 2.15. The van der Waals surface area contributed by atoms with Crippen LogP contribution in [0.5, 0.6) is 0 Å². The Morgan fingerprint density at radius 2 is 2.13 bits per heavy atom. The minimum atomic E-state index is -0.314. The third-order valence-corrected chi connectivity index (χ3v) is 4.26. The molecule has 1 fully saturated rings. The predicted molar refractivity (Wildman–Crippen MR) is 89.1 cm³/mol. The number of piperidine rings is 1. The Kier molecular flexibility index (Phi) is 4.90. The lowest BCUT2D eigenvalue weighted by atomic mass is 10.1. The molecule has 1 unspecified atom stereocenters. The molecule has 6 heteroatoms. The van der Waals surface area contributed by atoms with Gasteiger partial charge in [-0.05, 0) is 43.9 Å². The number of hydrogen-bond acceptors (Lipinski definition) is 4. The van der Waals surface area contributed by atoms with Crippen molar-refractivity contribution in [2.24, 2.45) is 0 Å². The number of nitrogens with zero attached hydrogens (tertiary/aromatic N) is 4. The highest BCUT2D eigenvalue weighted by molar-refractivity contribution is 5.79. The van der Waals surface area contributed by atoms with E-state index >= 15 is 0 Å². The molecule has 23 heavy (non-hydrogen) atoms. The van der Waals surface area contributed by atoms with Crippen molar-refractivity contribution in [1.29, 1.82) is 0 Å². The third kappa shape index (κ3) is 3.88. The van der Waals surface area contributed by atoms with E-state index in [-0.39, 0.29) is 11.9 Å². The fourth-order valence-corrected chi connectivity index (χ4v) is 2.80. The fourth-order valence-electron chi connectivity index (χ4n) is 2.80. The van der Waals surface area contributed by atoms with Crippen LogP contribution in [0.4, 0.5) is 5.82 Å². The molecule has 0 spiro atoms. The molecule has 1 atom stereocenters. The SMILES string of the molecule is CC(C(=O)NCc1ccc(N2CCCCC2)nc1)n1cccn1. The first-order valence-corrected chi connectivity index (χ1v) is 8.21. The molecule has 0 aliphatic carbocycles. The second-order valence-corrected chi connectivity index (χ2v) is 5.95. The van der Waals surface area contributed by atoms with Gasteiger partial charge in [0, 0.05) is 38.2 Å². The molecular formula is C17H23N5O. The van der Waals surface area contributed by atoms with Gasteiger partial charge in [-0.15, -0.1) is 0 Å². The summed E-state index contributed by atoms with van der Waals surface area (Å²) in [5, 5.41) is 7.03. The summed E-state index contributed by atoms with van der Waals surface area (Å²) in [7, 11) is 0. The van der Waals surface area contributed by atoms with Gasteiger partial charge in [0.2, 0.25) is 5.91 Å². The monoisotopic (exact) mass is 313 g/mol. The Balaban J connectivity index is 1.53.